The molecule has 2 heterocycles. The molecule has 1 aromatic heterocycles. The molecule has 1 fully saturated rings. The Morgan fingerprint density at radius 1 is 0.970 bits per heavy atom. The summed E-state index contributed by atoms with van der Waals surface area (Å²) in [6.07, 6.45) is 6.91. The second kappa shape index (κ2) is 12.0. The normalized spacial score (nSPS) is 14.7. The first-order chi connectivity index (χ1) is 16.2. The van der Waals surface area contributed by atoms with Crippen molar-refractivity contribution in [2.45, 2.75) is 25.7 Å². The third-order valence-electron chi connectivity index (χ3n) is 5.83. The monoisotopic (exact) mass is 467 g/mol. The van der Waals surface area contributed by atoms with E-state index in [0.717, 1.165) is 36.2 Å². The molecule has 0 bridgehead atoms. The lowest BCUT2D eigenvalue weighted by molar-refractivity contribution is 0.0285. The number of anilines is 2. The van der Waals surface area contributed by atoms with Gasteiger partial charge in [-0.05, 0) is 62.3 Å². The number of hydrogen-bond acceptors (Lipinski definition) is 6. The Kier molecular flexibility index (Phi) is 8.53. The van der Waals surface area contributed by atoms with E-state index < -0.39 is 0 Å². The topological polar surface area (TPSA) is 63.7 Å². The number of benzene rings is 2. The van der Waals surface area contributed by atoms with Gasteiger partial charge in [-0.2, -0.15) is 0 Å². The predicted molar refractivity (Wildman–Crippen MR) is 132 cm³/mol. The molecule has 0 amide bonds. The Hall–Kier alpha value is -2.67. The lowest BCUT2D eigenvalue weighted by Gasteiger charge is -2.19. The summed E-state index contributed by atoms with van der Waals surface area (Å²) in [4.78, 5) is 19.6. The smallest absolute Gasteiger partial charge is 0.340 e. The number of carbonyl (C=O) groups is 1. The number of rotatable bonds is 9. The van der Waals surface area contributed by atoms with Crippen LogP contribution in [0.25, 0.3) is 10.9 Å². The molecule has 4 rings (SSSR count). The van der Waals surface area contributed by atoms with E-state index in [1.54, 1.807) is 12.3 Å². The Morgan fingerprint density at radius 2 is 1.79 bits per heavy atom. The Labute approximate surface area is 199 Å². The maximum atomic E-state index is 12.7. The van der Waals surface area contributed by atoms with Crippen molar-refractivity contribution in [2.24, 2.45) is 0 Å². The second-order valence-corrected chi connectivity index (χ2v) is 8.63. The fourth-order valence-electron chi connectivity index (χ4n) is 4.07. The average molecular weight is 468 g/mol. The van der Waals surface area contributed by atoms with Crippen LogP contribution in [0.3, 0.4) is 0 Å². The van der Waals surface area contributed by atoms with E-state index >= 15 is 0 Å². The molecule has 0 saturated carbocycles. The van der Waals surface area contributed by atoms with E-state index in [2.05, 4.69) is 15.2 Å². The first kappa shape index (κ1) is 23.5. The van der Waals surface area contributed by atoms with Crippen LogP contribution in [-0.2, 0) is 9.47 Å². The first-order valence-electron chi connectivity index (χ1n) is 11.6. The fraction of sp³-hybridized carbons (Fsp3) is 0.385. The number of carbonyl (C=O) groups excluding carboxylic acids is 1. The van der Waals surface area contributed by atoms with Crippen molar-refractivity contribution in [3.05, 3.63) is 65.3 Å². The van der Waals surface area contributed by atoms with E-state index in [1.165, 1.54) is 25.7 Å². The van der Waals surface area contributed by atoms with Gasteiger partial charge in [0.1, 0.15) is 6.61 Å². The number of esters is 1. The second-order valence-electron chi connectivity index (χ2n) is 8.19. The molecule has 3 aromatic rings. The summed E-state index contributed by atoms with van der Waals surface area (Å²) in [5, 5.41) is 4.90. The van der Waals surface area contributed by atoms with Gasteiger partial charge in [-0.15, -0.1) is 0 Å². The lowest BCUT2D eigenvalue weighted by atomic mass is 10.1. The summed E-state index contributed by atoms with van der Waals surface area (Å²) >= 11 is 6.09. The molecule has 1 saturated heterocycles. The third kappa shape index (κ3) is 6.67. The highest BCUT2D eigenvalue weighted by molar-refractivity contribution is 6.31. The maximum Gasteiger partial charge on any atom is 0.340 e. The van der Waals surface area contributed by atoms with Gasteiger partial charge in [0.05, 0.1) is 30.0 Å². The van der Waals surface area contributed by atoms with E-state index in [1.807, 2.05) is 42.5 Å². The van der Waals surface area contributed by atoms with Crippen molar-refractivity contribution in [2.75, 3.05) is 44.8 Å². The third-order valence-corrected chi connectivity index (χ3v) is 6.07. The van der Waals surface area contributed by atoms with Gasteiger partial charge < -0.3 is 19.7 Å². The molecule has 0 spiro atoms. The van der Waals surface area contributed by atoms with Crippen LogP contribution in [0, 0.1) is 0 Å². The minimum absolute atomic E-state index is 0.226. The SMILES string of the molecule is O=C(OCCOCCN1CCCCCC1)c1ccccc1Nc1ccnc2cc(Cl)ccc12. The number of fused-ring (bicyclic) bond motifs is 1. The Bertz CT molecular complexity index is 1070. The molecule has 0 aliphatic carbocycles. The maximum absolute atomic E-state index is 12.7. The number of pyridine rings is 1. The molecule has 1 N–H and O–H groups in total. The highest BCUT2D eigenvalue weighted by atomic mass is 35.5. The van der Waals surface area contributed by atoms with E-state index in [-0.39, 0.29) is 12.6 Å². The largest absolute Gasteiger partial charge is 0.460 e. The molecule has 174 valence electrons. The molecular formula is C26H30ClN3O3. The molecule has 0 atom stereocenters. The summed E-state index contributed by atoms with van der Waals surface area (Å²) in [6, 6.07) is 14.7. The van der Waals surface area contributed by atoms with Crippen LogP contribution in [0.2, 0.25) is 5.02 Å². The van der Waals surface area contributed by atoms with Gasteiger partial charge in [0.15, 0.2) is 0 Å². The number of nitrogens with one attached hydrogen (secondary N) is 1. The highest BCUT2D eigenvalue weighted by Gasteiger charge is 2.14. The Balaban J connectivity index is 1.30. The molecule has 1 aliphatic rings. The van der Waals surface area contributed by atoms with Gasteiger partial charge >= 0.3 is 5.97 Å². The minimum atomic E-state index is -0.379. The summed E-state index contributed by atoms with van der Waals surface area (Å²) in [7, 11) is 0. The quantitative estimate of drug-likeness (QED) is 0.322. The van der Waals surface area contributed by atoms with E-state index in [0.29, 0.717) is 29.5 Å². The zero-order valence-corrected chi connectivity index (χ0v) is 19.5. The molecule has 7 heteroatoms. The van der Waals surface area contributed by atoms with Gasteiger partial charge in [0, 0.05) is 28.8 Å². The van der Waals surface area contributed by atoms with Crippen LogP contribution in [0.15, 0.2) is 54.7 Å². The van der Waals surface area contributed by atoms with Gasteiger partial charge in [-0.3, -0.25) is 4.98 Å². The first-order valence-corrected chi connectivity index (χ1v) is 12.0. The summed E-state index contributed by atoms with van der Waals surface area (Å²) < 4.78 is 11.2. The zero-order valence-electron chi connectivity index (χ0n) is 18.8. The number of aromatic nitrogens is 1. The minimum Gasteiger partial charge on any atom is -0.460 e. The molecule has 1 aliphatic heterocycles. The average Bonchev–Trinajstić information content (AvgIpc) is 3.10. The fourth-order valence-corrected chi connectivity index (χ4v) is 4.24. The number of ether oxygens (including phenoxy) is 2. The van der Waals surface area contributed by atoms with Crippen LogP contribution in [0.5, 0.6) is 0 Å². The van der Waals surface area contributed by atoms with Crippen molar-refractivity contribution in [3.63, 3.8) is 0 Å². The molecule has 6 nitrogen and oxygen atoms in total. The predicted octanol–water partition coefficient (Wildman–Crippen LogP) is 5.68. The lowest BCUT2D eigenvalue weighted by Crippen LogP contribution is -2.29. The Morgan fingerprint density at radius 3 is 2.64 bits per heavy atom. The number of halogens is 1. The number of nitrogens with zero attached hydrogens (tertiary/aromatic N) is 2. The van der Waals surface area contributed by atoms with Gasteiger partial charge in [0.25, 0.3) is 0 Å². The van der Waals surface area contributed by atoms with Crippen LogP contribution in [0.1, 0.15) is 36.0 Å². The highest BCUT2D eigenvalue weighted by Crippen LogP contribution is 2.28. The van der Waals surface area contributed by atoms with Crippen LogP contribution >= 0.6 is 11.6 Å². The van der Waals surface area contributed by atoms with Crippen molar-refractivity contribution < 1.29 is 14.3 Å². The summed E-state index contributed by atoms with van der Waals surface area (Å²) in [5.74, 6) is -0.379. The molecule has 0 radical (unpaired) electrons. The standard InChI is InChI=1S/C26H30ClN3O3/c27-20-9-10-21-24(11-12-28-25(21)19-20)29-23-8-4-3-7-22(23)26(31)33-18-17-32-16-15-30-13-5-1-2-6-14-30/h3-4,7-12,19H,1-2,5-6,13-18H2,(H,28,29). The summed E-state index contributed by atoms with van der Waals surface area (Å²) in [6.45, 7) is 4.53. The van der Waals surface area contributed by atoms with Crippen molar-refractivity contribution >= 4 is 39.8 Å². The van der Waals surface area contributed by atoms with Gasteiger partial charge in [0.2, 0.25) is 0 Å². The van der Waals surface area contributed by atoms with Crippen molar-refractivity contribution in [1.29, 1.82) is 0 Å². The molecular weight excluding hydrogens is 438 g/mol. The molecule has 2 aromatic carbocycles. The summed E-state index contributed by atoms with van der Waals surface area (Å²) in [5.41, 5.74) is 2.77. The number of likely N-dealkylation sites (tertiary alicyclic amines) is 1. The number of hydrogen-bond donors (Lipinski definition) is 1. The van der Waals surface area contributed by atoms with Gasteiger partial charge in [-0.1, -0.05) is 36.6 Å². The van der Waals surface area contributed by atoms with Crippen molar-refractivity contribution in [1.82, 2.24) is 9.88 Å². The number of para-hydroxylation sites is 1. The van der Waals surface area contributed by atoms with Gasteiger partial charge in [-0.25, -0.2) is 4.79 Å². The van der Waals surface area contributed by atoms with Crippen LogP contribution < -0.4 is 5.32 Å². The van der Waals surface area contributed by atoms with E-state index in [9.17, 15) is 4.79 Å². The molecule has 33 heavy (non-hydrogen) atoms. The molecule has 0 unspecified atom stereocenters. The van der Waals surface area contributed by atoms with Crippen molar-refractivity contribution in [3.8, 4) is 0 Å². The zero-order chi connectivity index (χ0) is 22.9. The van der Waals surface area contributed by atoms with E-state index in [4.69, 9.17) is 21.1 Å². The van der Waals surface area contributed by atoms with Crippen LogP contribution in [0.4, 0.5) is 11.4 Å². The van der Waals surface area contributed by atoms with Crippen LogP contribution in [-0.4, -0.2) is 55.3 Å².